The highest BCUT2D eigenvalue weighted by atomic mass is 19.1. The molecule has 0 saturated carbocycles. The predicted molar refractivity (Wildman–Crippen MR) is 63.0 cm³/mol. The van der Waals surface area contributed by atoms with Gasteiger partial charge in [-0.05, 0) is 24.3 Å². The van der Waals surface area contributed by atoms with E-state index in [0.29, 0.717) is 6.07 Å². The van der Waals surface area contributed by atoms with Gasteiger partial charge in [0.25, 0.3) is 5.91 Å². The number of amides is 1. The van der Waals surface area contributed by atoms with Gasteiger partial charge in [0.1, 0.15) is 11.6 Å². The standard InChI is InChI=1S/C12H9F2N3O/c13-7-4-8(14)6-9(5-7)17-12(18)11-10(15)2-1-3-16-11/h1-6H,15H2,(H,17,18). The molecular formula is C12H9F2N3O. The van der Waals surface area contributed by atoms with Crippen LogP contribution >= 0.6 is 0 Å². The van der Waals surface area contributed by atoms with Gasteiger partial charge in [0, 0.05) is 18.0 Å². The molecule has 0 bridgehead atoms. The average molecular weight is 249 g/mol. The van der Waals surface area contributed by atoms with E-state index in [1.54, 1.807) is 6.07 Å². The van der Waals surface area contributed by atoms with E-state index in [0.717, 1.165) is 12.1 Å². The molecule has 18 heavy (non-hydrogen) atoms. The normalized spacial score (nSPS) is 10.1. The number of aromatic nitrogens is 1. The van der Waals surface area contributed by atoms with Crippen LogP contribution < -0.4 is 11.1 Å². The second kappa shape index (κ2) is 4.79. The van der Waals surface area contributed by atoms with Crippen molar-refractivity contribution in [1.29, 1.82) is 0 Å². The van der Waals surface area contributed by atoms with Crippen LogP contribution in [0, 0.1) is 11.6 Å². The Hall–Kier alpha value is -2.50. The second-order valence-electron chi connectivity index (χ2n) is 3.55. The summed E-state index contributed by atoms with van der Waals surface area (Å²) >= 11 is 0. The zero-order valence-corrected chi connectivity index (χ0v) is 9.15. The van der Waals surface area contributed by atoms with E-state index < -0.39 is 17.5 Å². The van der Waals surface area contributed by atoms with Gasteiger partial charge in [-0.3, -0.25) is 4.79 Å². The third kappa shape index (κ3) is 2.60. The lowest BCUT2D eigenvalue weighted by molar-refractivity contribution is 0.102. The first-order chi connectivity index (χ1) is 8.56. The number of carbonyl (C=O) groups excluding carboxylic acids is 1. The Bertz CT molecular complexity index is 581. The van der Waals surface area contributed by atoms with Gasteiger partial charge in [-0.15, -0.1) is 0 Å². The number of nitrogens with two attached hydrogens (primary N) is 1. The van der Waals surface area contributed by atoms with Crippen molar-refractivity contribution in [2.24, 2.45) is 0 Å². The first-order valence-corrected chi connectivity index (χ1v) is 5.04. The third-order valence-corrected chi connectivity index (χ3v) is 2.17. The third-order valence-electron chi connectivity index (χ3n) is 2.17. The van der Waals surface area contributed by atoms with Crippen molar-refractivity contribution in [1.82, 2.24) is 4.98 Å². The fourth-order valence-electron chi connectivity index (χ4n) is 1.42. The molecule has 1 heterocycles. The van der Waals surface area contributed by atoms with Gasteiger partial charge in [-0.1, -0.05) is 0 Å². The van der Waals surface area contributed by atoms with Crippen LogP contribution in [0.2, 0.25) is 0 Å². The number of pyridine rings is 1. The molecule has 92 valence electrons. The van der Waals surface area contributed by atoms with Crippen LogP contribution in [-0.2, 0) is 0 Å². The van der Waals surface area contributed by atoms with Crippen molar-refractivity contribution in [2.75, 3.05) is 11.1 Å². The van der Waals surface area contributed by atoms with Crippen LogP contribution in [0.3, 0.4) is 0 Å². The molecule has 0 saturated heterocycles. The number of nitrogens with zero attached hydrogens (tertiary/aromatic N) is 1. The van der Waals surface area contributed by atoms with E-state index in [4.69, 9.17) is 5.73 Å². The van der Waals surface area contributed by atoms with Crippen molar-refractivity contribution in [2.45, 2.75) is 0 Å². The summed E-state index contributed by atoms with van der Waals surface area (Å²) in [5.74, 6) is -2.18. The summed E-state index contributed by atoms with van der Waals surface area (Å²) in [6.45, 7) is 0. The fourth-order valence-corrected chi connectivity index (χ4v) is 1.42. The van der Waals surface area contributed by atoms with Crippen LogP contribution in [0.4, 0.5) is 20.2 Å². The van der Waals surface area contributed by atoms with Gasteiger partial charge >= 0.3 is 0 Å². The number of carbonyl (C=O) groups is 1. The van der Waals surface area contributed by atoms with E-state index in [9.17, 15) is 13.6 Å². The highest BCUT2D eigenvalue weighted by Crippen LogP contribution is 2.15. The second-order valence-corrected chi connectivity index (χ2v) is 3.55. The lowest BCUT2D eigenvalue weighted by atomic mass is 10.2. The Morgan fingerprint density at radius 2 is 1.89 bits per heavy atom. The van der Waals surface area contributed by atoms with Crippen molar-refractivity contribution >= 4 is 17.3 Å². The summed E-state index contributed by atoms with van der Waals surface area (Å²) in [6, 6.07) is 5.80. The van der Waals surface area contributed by atoms with Gasteiger partial charge in [0.05, 0.1) is 5.69 Å². The number of hydrogen-bond acceptors (Lipinski definition) is 3. The minimum atomic E-state index is -0.778. The lowest BCUT2D eigenvalue weighted by Crippen LogP contribution is -2.15. The molecule has 0 unspecified atom stereocenters. The molecule has 6 heteroatoms. The van der Waals surface area contributed by atoms with Gasteiger partial charge in [0.2, 0.25) is 0 Å². The van der Waals surface area contributed by atoms with Crippen LogP contribution in [0.1, 0.15) is 10.5 Å². The molecule has 0 aliphatic heterocycles. The van der Waals surface area contributed by atoms with Gasteiger partial charge in [-0.2, -0.15) is 0 Å². The summed E-state index contributed by atoms with van der Waals surface area (Å²) in [5.41, 5.74) is 5.75. The molecule has 1 aromatic carbocycles. The Balaban J connectivity index is 2.24. The SMILES string of the molecule is Nc1cccnc1C(=O)Nc1cc(F)cc(F)c1. The molecular weight excluding hydrogens is 240 g/mol. The van der Waals surface area contributed by atoms with Gasteiger partial charge in [-0.25, -0.2) is 13.8 Å². The molecule has 0 atom stereocenters. The molecule has 0 spiro atoms. The van der Waals surface area contributed by atoms with E-state index >= 15 is 0 Å². The Labute approximate surface area is 101 Å². The topological polar surface area (TPSA) is 68.0 Å². The van der Waals surface area contributed by atoms with E-state index in [-0.39, 0.29) is 17.1 Å². The zero-order chi connectivity index (χ0) is 13.1. The number of nitrogen functional groups attached to an aromatic ring is 1. The summed E-state index contributed by atoms with van der Waals surface area (Å²) in [5, 5.41) is 2.32. The maximum Gasteiger partial charge on any atom is 0.276 e. The van der Waals surface area contributed by atoms with Crippen molar-refractivity contribution in [3.8, 4) is 0 Å². The molecule has 3 N–H and O–H groups in total. The van der Waals surface area contributed by atoms with Crippen LogP contribution in [0.5, 0.6) is 0 Å². The largest absolute Gasteiger partial charge is 0.397 e. The van der Waals surface area contributed by atoms with E-state index in [2.05, 4.69) is 10.3 Å². The summed E-state index contributed by atoms with van der Waals surface area (Å²) in [4.78, 5) is 15.6. The Morgan fingerprint density at radius 3 is 2.50 bits per heavy atom. The monoisotopic (exact) mass is 249 g/mol. The molecule has 0 aliphatic carbocycles. The fraction of sp³-hybridized carbons (Fsp3) is 0. The summed E-state index contributed by atoms with van der Waals surface area (Å²) < 4.78 is 25.9. The molecule has 1 amide bonds. The molecule has 1 aromatic heterocycles. The number of hydrogen-bond donors (Lipinski definition) is 2. The molecule has 0 fully saturated rings. The lowest BCUT2D eigenvalue weighted by Gasteiger charge is -2.06. The number of benzene rings is 1. The Kier molecular flexibility index (Phi) is 3.18. The average Bonchev–Trinajstić information content (AvgIpc) is 2.27. The van der Waals surface area contributed by atoms with Crippen molar-refractivity contribution in [3.63, 3.8) is 0 Å². The minimum Gasteiger partial charge on any atom is -0.397 e. The van der Waals surface area contributed by atoms with Crippen LogP contribution in [-0.4, -0.2) is 10.9 Å². The maximum atomic E-state index is 12.9. The number of rotatable bonds is 2. The minimum absolute atomic E-state index is 0.00201. The molecule has 0 radical (unpaired) electrons. The first-order valence-electron chi connectivity index (χ1n) is 5.04. The number of nitrogens with one attached hydrogen (secondary N) is 1. The number of halogens is 2. The maximum absolute atomic E-state index is 12.9. The van der Waals surface area contributed by atoms with Crippen molar-refractivity contribution in [3.05, 3.63) is 53.9 Å². The Morgan fingerprint density at radius 1 is 1.22 bits per heavy atom. The van der Waals surface area contributed by atoms with Crippen LogP contribution in [0.15, 0.2) is 36.5 Å². The smallest absolute Gasteiger partial charge is 0.276 e. The highest BCUT2D eigenvalue weighted by molar-refractivity contribution is 6.06. The molecule has 4 nitrogen and oxygen atoms in total. The van der Waals surface area contributed by atoms with E-state index in [1.807, 2.05) is 0 Å². The van der Waals surface area contributed by atoms with Crippen molar-refractivity contribution < 1.29 is 13.6 Å². The zero-order valence-electron chi connectivity index (χ0n) is 9.15. The number of anilines is 2. The molecule has 0 aliphatic rings. The first kappa shape index (κ1) is 12.0. The molecule has 2 aromatic rings. The summed E-state index contributed by atoms with van der Waals surface area (Å²) in [6.07, 6.45) is 1.40. The van der Waals surface area contributed by atoms with E-state index in [1.165, 1.54) is 12.3 Å². The quantitative estimate of drug-likeness (QED) is 0.857. The predicted octanol–water partition coefficient (Wildman–Crippen LogP) is 2.19. The van der Waals surface area contributed by atoms with Crippen LogP contribution in [0.25, 0.3) is 0 Å². The summed E-state index contributed by atoms with van der Waals surface area (Å²) in [7, 11) is 0. The highest BCUT2D eigenvalue weighted by Gasteiger charge is 2.11. The molecule has 2 rings (SSSR count). The van der Waals surface area contributed by atoms with Gasteiger partial charge < -0.3 is 11.1 Å². The van der Waals surface area contributed by atoms with Gasteiger partial charge in [0.15, 0.2) is 5.69 Å².